The van der Waals surface area contributed by atoms with E-state index in [1.54, 1.807) is 12.3 Å². The van der Waals surface area contributed by atoms with Gasteiger partial charge in [-0.15, -0.1) is 0 Å². The highest BCUT2D eigenvalue weighted by Gasteiger charge is 1.93. The summed E-state index contributed by atoms with van der Waals surface area (Å²) in [7, 11) is 1.91. The van der Waals surface area contributed by atoms with Gasteiger partial charge < -0.3 is 4.90 Å². The summed E-state index contributed by atoms with van der Waals surface area (Å²) in [6.07, 6.45) is 3.31. The summed E-state index contributed by atoms with van der Waals surface area (Å²) in [4.78, 5) is 12.6. The molecule has 68 valence electrons. The molecule has 1 rings (SSSR count). The second-order valence-electron chi connectivity index (χ2n) is 2.87. The lowest BCUT2D eigenvalue weighted by molar-refractivity contribution is -0.112. The number of ketones is 1. The van der Waals surface area contributed by atoms with E-state index < -0.39 is 0 Å². The van der Waals surface area contributed by atoms with Crippen molar-refractivity contribution in [1.29, 1.82) is 0 Å². The average Bonchev–Trinajstić information content (AvgIpc) is 2.15. The van der Waals surface area contributed by atoms with Crippen molar-refractivity contribution >= 4 is 11.5 Å². The number of hydrogen-bond acceptors (Lipinski definition) is 2. The third-order valence-corrected chi connectivity index (χ3v) is 1.70. The van der Waals surface area contributed by atoms with Crippen LogP contribution in [-0.4, -0.2) is 12.8 Å². The molecule has 0 radical (unpaired) electrons. The van der Waals surface area contributed by atoms with Crippen molar-refractivity contribution in [2.45, 2.75) is 6.92 Å². The molecule has 0 N–H and O–H groups in total. The second kappa shape index (κ2) is 4.45. The van der Waals surface area contributed by atoms with Crippen LogP contribution in [0.5, 0.6) is 0 Å². The molecule has 0 aliphatic heterocycles. The van der Waals surface area contributed by atoms with Gasteiger partial charge in [0.2, 0.25) is 0 Å². The Kier molecular flexibility index (Phi) is 3.26. The van der Waals surface area contributed by atoms with E-state index in [0.29, 0.717) is 0 Å². The highest BCUT2D eigenvalue weighted by molar-refractivity contribution is 5.87. The Labute approximate surface area is 78.5 Å². The number of anilines is 1. The minimum absolute atomic E-state index is 0.0581. The average molecular weight is 175 g/mol. The smallest absolute Gasteiger partial charge is 0.154 e. The highest BCUT2D eigenvalue weighted by Crippen LogP contribution is 2.10. The second-order valence-corrected chi connectivity index (χ2v) is 2.87. The van der Waals surface area contributed by atoms with Crippen molar-refractivity contribution in [2.24, 2.45) is 0 Å². The molecule has 0 saturated heterocycles. The van der Waals surface area contributed by atoms with Crippen LogP contribution in [0.25, 0.3) is 0 Å². The predicted octanol–water partition coefficient (Wildman–Crippen LogP) is 2.23. The molecule has 0 aliphatic rings. The minimum atomic E-state index is 0.0581. The molecule has 2 heteroatoms. The summed E-state index contributed by atoms with van der Waals surface area (Å²) in [5.74, 6) is 0.0581. The minimum Gasteiger partial charge on any atom is -0.351 e. The molecule has 13 heavy (non-hydrogen) atoms. The van der Waals surface area contributed by atoms with E-state index in [1.165, 1.54) is 6.92 Å². The Balaban J connectivity index is 2.69. The zero-order valence-corrected chi connectivity index (χ0v) is 7.90. The first-order valence-electron chi connectivity index (χ1n) is 4.17. The molecule has 0 bridgehead atoms. The van der Waals surface area contributed by atoms with Crippen LogP contribution in [0, 0.1) is 0 Å². The zero-order valence-electron chi connectivity index (χ0n) is 7.90. The van der Waals surface area contributed by atoms with Crippen LogP contribution in [-0.2, 0) is 4.79 Å². The van der Waals surface area contributed by atoms with Gasteiger partial charge in [-0.1, -0.05) is 18.2 Å². The Morgan fingerprint density at radius 3 is 2.46 bits per heavy atom. The lowest BCUT2D eigenvalue weighted by Crippen LogP contribution is -2.07. The lowest BCUT2D eigenvalue weighted by atomic mass is 10.3. The molecule has 0 amide bonds. The zero-order chi connectivity index (χ0) is 9.68. The summed E-state index contributed by atoms with van der Waals surface area (Å²) >= 11 is 0. The fourth-order valence-corrected chi connectivity index (χ4v) is 0.966. The summed E-state index contributed by atoms with van der Waals surface area (Å²) in [6, 6.07) is 9.88. The number of rotatable bonds is 3. The van der Waals surface area contributed by atoms with Gasteiger partial charge in [-0.2, -0.15) is 0 Å². The number of nitrogens with zero attached hydrogens (tertiary/aromatic N) is 1. The van der Waals surface area contributed by atoms with E-state index >= 15 is 0 Å². The molecule has 0 fully saturated rings. The van der Waals surface area contributed by atoms with Gasteiger partial charge in [0.05, 0.1) is 0 Å². The Morgan fingerprint density at radius 1 is 1.31 bits per heavy atom. The first-order chi connectivity index (χ1) is 6.20. The topological polar surface area (TPSA) is 20.3 Å². The van der Waals surface area contributed by atoms with Crippen LogP contribution in [0.4, 0.5) is 5.69 Å². The Bertz CT molecular complexity index is 303. The van der Waals surface area contributed by atoms with Crippen LogP contribution in [0.2, 0.25) is 0 Å². The summed E-state index contributed by atoms with van der Waals surface area (Å²) in [5.41, 5.74) is 1.07. The quantitative estimate of drug-likeness (QED) is 0.656. The van der Waals surface area contributed by atoms with Gasteiger partial charge >= 0.3 is 0 Å². The third-order valence-electron chi connectivity index (χ3n) is 1.70. The largest absolute Gasteiger partial charge is 0.351 e. The monoisotopic (exact) mass is 175 g/mol. The van der Waals surface area contributed by atoms with Crippen LogP contribution in [0.1, 0.15) is 6.92 Å². The van der Waals surface area contributed by atoms with E-state index in [2.05, 4.69) is 0 Å². The Morgan fingerprint density at radius 2 is 1.92 bits per heavy atom. The van der Waals surface area contributed by atoms with Crippen LogP contribution >= 0.6 is 0 Å². The summed E-state index contributed by atoms with van der Waals surface area (Å²) < 4.78 is 0. The number of allylic oxidation sites excluding steroid dienone is 1. The number of para-hydroxylation sites is 1. The van der Waals surface area contributed by atoms with Crippen molar-refractivity contribution in [3.8, 4) is 0 Å². The number of carbonyl (C=O) groups excluding carboxylic acids is 1. The molecule has 0 unspecified atom stereocenters. The number of benzene rings is 1. The van der Waals surface area contributed by atoms with E-state index in [-0.39, 0.29) is 5.78 Å². The molecule has 0 spiro atoms. The first kappa shape index (κ1) is 9.52. The van der Waals surface area contributed by atoms with Crippen LogP contribution < -0.4 is 4.90 Å². The summed E-state index contributed by atoms with van der Waals surface area (Å²) in [5, 5.41) is 0. The molecule has 2 nitrogen and oxygen atoms in total. The summed E-state index contributed by atoms with van der Waals surface area (Å²) in [6.45, 7) is 1.54. The van der Waals surface area contributed by atoms with E-state index in [9.17, 15) is 4.79 Å². The standard InChI is InChI=1S/C11H13NO/c1-10(13)8-9-12(2)11-6-4-3-5-7-11/h3-9H,1-2H3/b9-8+. The predicted molar refractivity (Wildman–Crippen MR) is 54.7 cm³/mol. The SMILES string of the molecule is CC(=O)/C=C/N(C)c1ccccc1. The normalized spacial score (nSPS) is 10.3. The molecule has 0 atom stereocenters. The van der Waals surface area contributed by atoms with E-state index in [0.717, 1.165) is 5.69 Å². The van der Waals surface area contributed by atoms with Crippen molar-refractivity contribution < 1.29 is 4.79 Å². The van der Waals surface area contributed by atoms with Crippen molar-refractivity contribution in [3.63, 3.8) is 0 Å². The van der Waals surface area contributed by atoms with Gasteiger partial charge in [0, 0.05) is 18.9 Å². The van der Waals surface area contributed by atoms with Crippen LogP contribution in [0.3, 0.4) is 0 Å². The Hall–Kier alpha value is -1.57. The van der Waals surface area contributed by atoms with Crippen molar-refractivity contribution in [3.05, 3.63) is 42.6 Å². The van der Waals surface area contributed by atoms with Crippen molar-refractivity contribution in [2.75, 3.05) is 11.9 Å². The number of hydrogen-bond donors (Lipinski definition) is 0. The highest BCUT2D eigenvalue weighted by atomic mass is 16.1. The maximum atomic E-state index is 10.7. The van der Waals surface area contributed by atoms with Gasteiger partial charge in [-0.25, -0.2) is 0 Å². The fraction of sp³-hybridized carbons (Fsp3) is 0.182. The molecule has 0 aromatic heterocycles. The van der Waals surface area contributed by atoms with Gasteiger partial charge in [-0.3, -0.25) is 4.79 Å². The maximum Gasteiger partial charge on any atom is 0.154 e. The molecular weight excluding hydrogens is 162 g/mol. The van der Waals surface area contributed by atoms with Gasteiger partial charge in [-0.05, 0) is 25.1 Å². The van der Waals surface area contributed by atoms with Crippen molar-refractivity contribution in [1.82, 2.24) is 0 Å². The fourth-order valence-electron chi connectivity index (χ4n) is 0.966. The molecule has 0 saturated carbocycles. The van der Waals surface area contributed by atoms with E-state index in [1.807, 2.05) is 42.3 Å². The van der Waals surface area contributed by atoms with E-state index in [4.69, 9.17) is 0 Å². The van der Waals surface area contributed by atoms with Crippen LogP contribution in [0.15, 0.2) is 42.6 Å². The molecule has 1 aromatic rings. The molecule has 1 aromatic carbocycles. The third kappa shape index (κ3) is 3.11. The lowest BCUT2D eigenvalue weighted by Gasteiger charge is -2.12. The van der Waals surface area contributed by atoms with Gasteiger partial charge in [0.15, 0.2) is 5.78 Å². The van der Waals surface area contributed by atoms with Gasteiger partial charge in [0.25, 0.3) is 0 Å². The molecule has 0 aliphatic carbocycles. The van der Waals surface area contributed by atoms with Gasteiger partial charge in [0.1, 0.15) is 0 Å². The first-order valence-corrected chi connectivity index (χ1v) is 4.17. The molecular formula is C11H13NO. The number of carbonyl (C=O) groups is 1. The maximum absolute atomic E-state index is 10.7. The molecule has 0 heterocycles.